The lowest BCUT2D eigenvalue weighted by atomic mass is 10.1. The van der Waals surface area contributed by atoms with Crippen LogP contribution in [0.4, 0.5) is 5.69 Å². The molecule has 0 fully saturated rings. The largest absolute Gasteiger partial charge is 0.465 e. The lowest BCUT2D eigenvalue weighted by Crippen LogP contribution is -2.40. The smallest absolute Gasteiger partial charge is 0.323 e. The zero-order chi connectivity index (χ0) is 15.0. The Morgan fingerprint density at radius 3 is 2.75 bits per heavy atom. The average molecular weight is 278 g/mol. The van der Waals surface area contributed by atoms with Gasteiger partial charge in [-0.15, -0.1) is 0 Å². The minimum absolute atomic E-state index is 0.160. The Balaban J connectivity index is 2.56. The van der Waals surface area contributed by atoms with Gasteiger partial charge in [-0.2, -0.15) is 0 Å². The first-order chi connectivity index (χ1) is 9.58. The minimum atomic E-state index is -0.229. The number of nitrogens with zero attached hydrogens (tertiary/aromatic N) is 1. The fourth-order valence-electron chi connectivity index (χ4n) is 2.11. The Bertz CT molecular complexity index is 421. The summed E-state index contributed by atoms with van der Waals surface area (Å²) in [6, 6.07) is 8.13. The van der Waals surface area contributed by atoms with E-state index in [1.165, 1.54) is 11.3 Å². The predicted octanol–water partition coefficient (Wildman–Crippen LogP) is 2.36. The highest BCUT2D eigenvalue weighted by Crippen LogP contribution is 2.14. The lowest BCUT2D eigenvalue weighted by Gasteiger charge is -2.23. The number of ether oxygens (including phenoxy) is 1. The lowest BCUT2D eigenvalue weighted by molar-refractivity contribution is -0.145. The normalized spacial score (nSPS) is 12.0. The van der Waals surface area contributed by atoms with Crippen LogP contribution in [0.3, 0.4) is 0 Å². The molecule has 4 nitrogen and oxygen atoms in total. The van der Waals surface area contributed by atoms with E-state index < -0.39 is 0 Å². The molecule has 112 valence electrons. The van der Waals surface area contributed by atoms with E-state index in [9.17, 15) is 4.79 Å². The van der Waals surface area contributed by atoms with Gasteiger partial charge in [0.1, 0.15) is 6.04 Å². The maximum atomic E-state index is 11.8. The quantitative estimate of drug-likeness (QED) is 0.741. The Labute approximate surface area is 122 Å². The van der Waals surface area contributed by atoms with Crippen LogP contribution in [0.5, 0.6) is 0 Å². The molecule has 1 aromatic rings. The van der Waals surface area contributed by atoms with E-state index in [2.05, 4.69) is 35.3 Å². The average Bonchev–Trinajstić information content (AvgIpc) is 2.43. The first-order valence-corrected chi connectivity index (χ1v) is 7.26. The third-order valence-electron chi connectivity index (χ3n) is 3.22. The molecule has 0 saturated heterocycles. The van der Waals surface area contributed by atoms with Crippen molar-refractivity contribution in [1.82, 2.24) is 5.32 Å². The zero-order valence-corrected chi connectivity index (χ0v) is 13.0. The second kappa shape index (κ2) is 8.59. The molecule has 1 aromatic carbocycles. The van der Waals surface area contributed by atoms with Crippen molar-refractivity contribution in [3.8, 4) is 0 Å². The summed E-state index contributed by atoms with van der Waals surface area (Å²) in [7, 11) is 2.04. The standard InChI is InChI=1S/C16H26N2O2/c1-5-17-15(16(19)20-6-2)10-11-18(4)14-9-7-8-13(3)12-14/h7-9,12,15,17H,5-6,10-11H2,1-4H3. The molecule has 0 aliphatic rings. The molecule has 1 unspecified atom stereocenters. The molecule has 1 atom stereocenters. The summed E-state index contributed by atoms with van der Waals surface area (Å²) in [5.74, 6) is -0.160. The number of aryl methyl sites for hydroxylation is 1. The molecule has 0 amide bonds. The summed E-state index contributed by atoms with van der Waals surface area (Å²) in [5.41, 5.74) is 2.41. The maximum absolute atomic E-state index is 11.8. The van der Waals surface area contributed by atoms with E-state index in [1.54, 1.807) is 0 Å². The first kappa shape index (κ1) is 16.5. The SMILES string of the molecule is CCNC(CCN(C)c1cccc(C)c1)C(=O)OCC. The molecular weight excluding hydrogens is 252 g/mol. The molecule has 0 aliphatic heterocycles. The molecule has 0 radical (unpaired) electrons. The van der Waals surface area contributed by atoms with Gasteiger partial charge in [-0.1, -0.05) is 19.1 Å². The van der Waals surface area contributed by atoms with E-state index in [-0.39, 0.29) is 12.0 Å². The molecule has 0 aliphatic carbocycles. The maximum Gasteiger partial charge on any atom is 0.323 e. The van der Waals surface area contributed by atoms with E-state index >= 15 is 0 Å². The molecule has 1 N–H and O–H groups in total. The van der Waals surface area contributed by atoms with Gasteiger partial charge >= 0.3 is 5.97 Å². The summed E-state index contributed by atoms with van der Waals surface area (Å²) >= 11 is 0. The van der Waals surface area contributed by atoms with Crippen molar-refractivity contribution in [3.63, 3.8) is 0 Å². The van der Waals surface area contributed by atoms with Crippen molar-refractivity contribution in [3.05, 3.63) is 29.8 Å². The van der Waals surface area contributed by atoms with E-state index in [1.807, 2.05) is 27.0 Å². The molecule has 0 saturated carbocycles. The zero-order valence-electron chi connectivity index (χ0n) is 13.0. The van der Waals surface area contributed by atoms with Gasteiger partial charge < -0.3 is 15.0 Å². The van der Waals surface area contributed by atoms with Crippen molar-refractivity contribution < 1.29 is 9.53 Å². The summed E-state index contributed by atoms with van der Waals surface area (Å²) in [4.78, 5) is 14.0. The molecule has 0 aromatic heterocycles. The van der Waals surface area contributed by atoms with Crippen molar-refractivity contribution in [2.45, 2.75) is 33.2 Å². The van der Waals surface area contributed by atoms with Crippen molar-refractivity contribution in [2.75, 3.05) is 31.6 Å². The number of hydrogen-bond donors (Lipinski definition) is 1. The Kier molecular flexibility index (Phi) is 7.09. The molecule has 0 bridgehead atoms. The number of hydrogen-bond acceptors (Lipinski definition) is 4. The topological polar surface area (TPSA) is 41.6 Å². The van der Waals surface area contributed by atoms with Gasteiger partial charge in [0.15, 0.2) is 0 Å². The van der Waals surface area contributed by atoms with Gasteiger partial charge in [0.05, 0.1) is 6.61 Å². The summed E-state index contributed by atoms with van der Waals surface area (Å²) in [6.45, 7) is 7.90. The van der Waals surface area contributed by atoms with Gasteiger partial charge in [0.2, 0.25) is 0 Å². The highest BCUT2D eigenvalue weighted by Gasteiger charge is 2.18. The number of likely N-dealkylation sites (N-methyl/N-ethyl adjacent to an activating group) is 1. The van der Waals surface area contributed by atoms with E-state index in [0.717, 1.165) is 19.5 Å². The Morgan fingerprint density at radius 2 is 2.15 bits per heavy atom. The number of carbonyl (C=O) groups excluding carboxylic acids is 1. The number of benzene rings is 1. The Hall–Kier alpha value is -1.55. The minimum Gasteiger partial charge on any atom is -0.465 e. The van der Waals surface area contributed by atoms with Crippen molar-refractivity contribution >= 4 is 11.7 Å². The van der Waals surface area contributed by atoms with Crippen LogP contribution in [0, 0.1) is 6.92 Å². The van der Waals surface area contributed by atoms with Crippen LogP contribution in [0.25, 0.3) is 0 Å². The number of esters is 1. The van der Waals surface area contributed by atoms with Crippen LogP contribution in [0.1, 0.15) is 25.8 Å². The number of carbonyl (C=O) groups is 1. The number of anilines is 1. The third kappa shape index (κ3) is 5.21. The number of rotatable bonds is 8. The first-order valence-electron chi connectivity index (χ1n) is 7.26. The Morgan fingerprint density at radius 1 is 1.40 bits per heavy atom. The van der Waals surface area contributed by atoms with Crippen molar-refractivity contribution in [2.24, 2.45) is 0 Å². The van der Waals surface area contributed by atoms with E-state index in [0.29, 0.717) is 6.61 Å². The second-order valence-electron chi connectivity index (χ2n) is 4.91. The summed E-state index contributed by atoms with van der Waals surface area (Å²) in [6.07, 6.45) is 0.733. The van der Waals surface area contributed by atoms with Crippen LogP contribution < -0.4 is 10.2 Å². The van der Waals surface area contributed by atoms with Crippen LogP contribution in [-0.2, 0) is 9.53 Å². The second-order valence-corrected chi connectivity index (χ2v) is 4.91. The predicted molar refractivity (Wildman–Crippen MR) is 83.2 cm³/mol. The highest BCUT2D eigenvalue weighted by atomic mass is 16.5. The molecule has 0 spiro atoms. The molecular formula is C16H26N2O2. The third-order valence-corrected chi connectivity index (χ3v) is 3.22. The van der Waals surface area contributed by atoms with Crippen LogP contribution in [-0.4, -0.2) is 38.8 Å². The van der Waals surface area contributed by atoms with Crippen LogP contribution in [0.15, 0.2) is 24.3 Å². The molecule has 0 heterocycles. The summed E-state index contributed by atoms with van der Waals surface area (Å²) in [5, 5.41) is 3.18. The molecule has 4 heteroatoms. The highest BCUT2D eigenvalue weighted by molar-refractivity contribution is 5.75. The summed E-state index contributed by atoms with van der Waals surface area (Å²) < 4.78 is 5.09. The molecule has 1 rings (SSSR count). The van der Waals surface area contributed by atoms with Crippen LogP contribution in [0.2, 0.25) is 0 Å². The van der Waals surface area contributed by atoms with Gasteiger partial charge in [0, 0.05) is 19.3 Å². The number of nitrogens with one attached hydrogen (secondary N) is 1. The van der Waals surface area contributed by atoms with Crippen LogP contribution >= 0.6 is 0 Å². The van der Waals surface area contributed by atoms with Gasteiger partial charge in [-0.05, 0) is 44.5 Å². The van der Waals surface area contributed by atoms with Gasteiger partial charge in [-0.3, -0.25) is 4.79 Å². The fourth-order valence-corrected chi connectivity index (χ4v) is 2.11. The molecule has 20 heavy (non-hydrogen) atoms. The van der Waals surface area contributed by atoms with Gasteiger partial charge in [0.25, 0.3) is 0 Å². The van der Waals surface area contributed by atoms with Crippen molar-refractivity contribution in [1.29, 1.82) is 0 Å². The van der Waals surface area contributed by atoms with Gasteiger partial charge in [-0.25, -0.2) is 0 Å². The fraction of sp³-hybridized carbons (Fsp3) is 0.562. The van der Waals surface area contributed by atoms with E-state index in [4.69, 9.17) is 4.74 Å². The monoisotopic (exact) mass is 278 g/mol.